The van der Waals surface area contributed by atoms with Gasteiger partial charge in [-0.05, 0) is 31.9 Å². The molecule has 112 valence electrons. The maximum atomic E-state index is 11.7. The predicted molar refractivity (Wildman–Crippen MR) is 83.2 cm³/mol. The van der Waals surface area contributed by atoms with Crippen LogP contribution in [0.15, 0.2) is 36.4 Å². The molecule has 0 bridgehead atoms. The normalized spacial score (nSPS) is 10.4. The summed E-state index contributed by atoms with van der Waals surface area (Å²) in [6.45, 7) is 5.87. The minimum Gasteiger partial charge on any atom is -0.338 e. The van der Waals surface area contributed by atoms with Gasteiger partial charge in [-0.2, -0.15) is 5.10 Å². The second-order valence-corrected chi connectivity index (χ2v) is 5.07. The van der Waals surface area contributed by atoms with E-state index in [2.05, 4.69) is 27.9 Å². The summed E-state index contributed by atoms with van der Waals surface area (Å²) in [7, 11) is 0. The first kappa shape index (κ1) is 15.1. The molecular formula is C16H22N4O. The maximum Gasteiger partial charge on any atom is 0.314 e. The van der Waals surface area contributed by atoms with Crippen molar-refractivity contribution < 1.29 is 4.79 Å². The standard InChI is InChI=1S/C16H22N4O/c1-13-12-14(2)20(19-13)11-10-18-16(21)17-9-8-15-6-4-3-5-7-15/h3-7,12H,8-11H2,1-2H3,(H2,17,18,21). The Morgan fingerprint density at radius 1 is 1.14 bits per heavy atom. The van der Waals surface area contributed by atoms with Crippen molar-refractivity contribution in [1.82, 2.24) is 20.4 Å². The van der Waals surface area contributed by atoms with Crippen LogP contribution in [0.5, 0.6) is 0 Å². The number of nitrogens with one attached hydrogen (secondary N) is 2. The Bertz CT molecular complexity index is 577. The van der Waals surface area contributed by atoms with Crippen LogP contribution >= 0.6 is 0 Å². The molecule has 21 heavy (non-hydrogen) atoms. The molecule has 2 amide bonds. The fourth-order valence-electron chi connectivity index (χ4n) is 2.20. The van der Waals surface area contributed by atoms with Crippen molar-refractivity contribution in [1.29, 1.82) is 0 Å². The lowest BCUT2D eigenvalue weighted by molar-refractivity contribution is 0.240. The minimum absolute atomic E-state index is 0.132. The third kappa shape index (κ3) is 4.95. The van der Waals surface area contributed by atoms with Gasteiger partial charge in [-0.1, -0.05) is 30.3 Å². The number of benzene rings is 1. The number of rotatable bonds is 6. The summed E-state index contributed by atoms with van der Waals surface area (Å²) in [5.41, 5.74) is 3.33. The molecule has 2 rings (SSSR count). The first-order valence-corrected chi connectivity index (χ1v) is 7.22. The number of aromatic nitrogens is 2. The Hall–Kier alpha value is -2.30. The van der Waals surface area contributed by atoms with Crippen molar-refractivity contribution in [3.63, 3.8) is 0 Å². The number of nitrogens with zero attached hydrogens (tertiary/aromatic N) is 2. The Labute approximate surface area is 125 Å². The molecule has 0 spiro atoms. The largest absolute Gasteiger partial charge is 0.338 e. The summed E-state index contributed by atoms with van der Waals surface area (Å²) in [6.07, 6.45) is 0.839. The average molecular weight is 286 g/mol. The number of carbonyl (C=O) groups excluding carboxylic acids is 1. The molecule has 0 fully saturated rings. The lowest BCUT2D eigenvalue weighted by Gasteiger charge is -2.08. The highest BCUT2D eigenvalue weighted by atomic mass is 16.2. The molecule has 0 saturated carbocycles. The number of hydrogen-bond donors (Lipinski definition) is 2. The van der Waals surface area contributed by atoms with Gasteiger partial charge in [-0.15, -0.1) is 0 Å². The second kappa shape index (κ2) is 7.47. The van der Waals surface area contributed by atoms with Gasteiger partial charge in [0.25, 0.3) is 0 Å². The van der Waals surface area contributed by atoms with Crippen LogP contribution in [0.3, 0.4) is 0 Å². The number of urea groups is 1. The van der Waals surface area contributed by atoms with Crippen molar-refractivity contribution >= 4 is 6.03 Å². The zero-order valence-electron chi connectivity index (χ0n) is 12.6. The smallest absolute Gasteiger partial charge is 0.314 e. The van der Waals surface area contributed by atoms with Gasteiger partial charge in [-0.3, -0.25) is 4.68 Å². The molecule has 5 heteroatoms. The first-order valence-electron chi connectivity index (χ1n) is 7.22. The number of aryl methyl sites for hydroxylation is 2. The van der Waals surface area contributed by atoms with E-state index in [4.69, 9.17) is 0 Å². The highest BCUT2D eigenvalue weighted by Gasteiger charge is 2.02. The summed E-state index contributed by atoms with van der Waals surface area (Å²) < 4.78 is 1.90. The van der Waals surface area contributed by atoms with Crippen molar-refractivity contribution in [3.05, 3.63) is 53.3 Å². The second-order valence-electron chi connectivity index (χ2n) is 5.07. The molecule has 2 N–H and O–H groups in total. The van der Waals surface area contributed by atoms with Crippen LogP contribution in [0.1, 0.15) is 17.0 Å². The molecular weight excluding hydrogens is 264 g/mol. The van der Waals surface area contributed by atoms with E-state index in [9.17, 15) is 4.79 Å². The van der Waals surface area contributed by atoms with Gasteiger partial charge < -0.3 is 10.6 Å². The Balaban J connectivity index is 1.63. The van der Waals surface area contributed by atoms with Crippen molar-refractivity contribution in [3.8, 4) is 0 Å². The Kier molecular flexibility index (Phi) is 5.37. The van der Waals surface area contributed by atoms with E-state index in [1.807, 2.05) is 42.8 Å². The molecule has 0 aliphatic heterocycles. The van der Waals surface area contributed by atoms with Crippen molar-refractivity contribution in [2.75, 3.05) is 13.1 Å². The quantitative estimate of drug-likeness (QED) is 0.854. The lowest BCUT2D eigenvalue weighted by Crippen LogP contribution is -2.38. The van der Waals surface area contributed by atoms with Gasteiger partial charge >= 0.3 is 6.03 Å². The van der Waals surface area contributed by atoms with Crippen LogP contribution in [-0.4, -0.2) is 28.9 Å². The average Bonchev–Trinajstić information content (AvgIpc) is 2.78. The summed E-state index contributed by atoms with van der Waals surface area (Å²) in [6, 6.07) is 12.0. The van der Waals surface area contributed by atoms with E-state index in [1.165, 1.54) is 5.56 Å². The van der Waals surface area contributed by atoms with Crippen molar-refractivity contribution in [2.45, 2.75) is 26.8 Å². The topological polar surface area (TPSA) is 59.0 Å². The van der Waals surface area contributed by atoms with E-state index in [1.54, 1.807) is 0 Å². The summed E-state index contributed by atoms with van der Waals surface area (Å²) in [5.74, 6) is 0. The Morgan fingerprint density at radius 2 is 1.86 bits per heavy atom. The molecule has 1 aromatic heterocycles. The van der Waals surface area contributed by atoms with Crippen LogP contribution in [0, 0.1) is 13.8 Å². The highest BCUT2D eigenvalue weighted by molar-refractivity contribution is 5.73. The molecule has 0 radical (unpaired) electrons. The van der Waals surface area contributed by atoms with E-state index in [-0.39, 0.29) is 6.03 Å². The van der Waals surface area contributed by atoms with E-state index >= 15 is 0 Å². The third-order valence-corrected chi connectivity index (χ3v) is 3.25. The zero-order chi connectivity index (χ0) is 15.1. The van der Waals surface area contributed by atoms with E-state index < -0.39 is 0 Å². The molecule has 0 unspecified atom stereocenters. The fraction of sp³-hybridized carbons (Fsp3) is 0.375. The Morgan fingerprint density at radius 3 is 2.52 bits per heavy atom. The van der Waals surface area contributed by atoms with Gasteiger partial charge in [0.2, 0.25) is 0 Å². The molecule has 5 nitrogen and oxygen atoms in total. The molecule has 0 saturated heterocycles. The van der Waals surface area contributed by atoms with Crippen LogP contribution in [0.2, 0.25) is 0 Å². The predicted octanol–water partition coefficient (Wildman–Crippen LogP) is 2.04. The lowest BCUT2D eigenvalue weighted by atomic mass is 10.1. The molecule has 2 aromatic rings. The zero-order valence-corrected chi connectivity index (χ0v) is 12.6. The monoisotopic (exact) mass is 286 g/mol. The SMILES string of the molecule is Cc1cc(C)n(CCNC(=O)NCCc2ccccc2)n1. The van der Waals surface area contributed by atoms with Crippen LogP contribution < -0.4 is 10.6 Å². The van der Waals surface area contributed by atoms with Gasteiger partial charge in [0, 0.05) is 18.8 Å². The number of amides is 2. The number of carbonyl (C=O) groups is 1. The molecule has 0 aliphatic carbocycles. The minimum atomic E-state index is -0.132. The summed E-state index contributed by atoms with van der Waals surface area (Å²) in [5, 5.41) is 10.1. The van der Waals surface area contributed by atoms with Gasteiger partial charge in [-0.25, -0.2) is 4.79 Å². The third-order valence-electron chi connectivity index (χ3n) is 3.25. The van der Waals surface area contributed by atoms with Gasteiger partial charge in [0.15, 0.2) is 0 Å². The molecule has 1 aromatic carbocycles. The summed E-state index contributed by atoms with van der Waals surface area (Å²) >= 11 is 0. The first-order chi connectivity index (χ1) is 10.1. The van der Waals surface area contributed by atoms with Crippen LogP contribution in [0.4, 0.5) is 4.79 Å². The molecule has 0 atom stereocenters. The highest BCUT2D eigenvalue weighted by Crippen LogP contribution is 2.00. The van der Waals surface area contributed by atoms with Crippen LogP contribution in [-0.2, 0) is 13.0 Å². The van der Waals surface area contributed by atoms with Gasteiger partial charge in [0.1, 0.15) is 0 Å². The molecule has 0 aliphatic rings. The van der Waals surface area contributed by atoms with Crippen LogP contribution in [0.25, 0.3) is 0 Å². The molecule has 1 heterocycles. The maximum absolute atomic E-state index is 11.7. The van der Waals surface area contributed by atoms with Crippen molar-refractivity contribution in [2.24, 2.45) is 0 Å². The number of hydrogen-bond acceptors (Lipinski definition) is 2. The van der Waals surface area contributed by atoms with Gasteiger partial charge in [0.05, 0.1) is 12.2 Å². The summed E-state index contributed by atoms with van der Waals surface area (Å²) in [4.78, 5) is 11.7. The fourth-order valence-corrected chi connectivity index (χ4v) is 2.20. The van der Waals surface area contributed by atoms with E-state index in [0.717, 1.165) is 17.8 Å². The van der Waals surface area contributed by atoms with E-state index in [0.29, 0.717) is 19.6 Å².